The van der Waals surface area contributed by atoms with Crippen LogP contribution in [-0.4, -0.2) is 37.1 Å². The quantitative estimate of drug-likeness (QED) is 0.797. The van der Waals surface area contributed by atoms with E-state index in [4.69, 9.17) is 4.74 Å². The molecule has 0 spiro atoms. The molecule has 1 aliphatic heterocycles. The summed E-state index contributed by atoms with van der Waals surface area (Å²) < 4.78 is 4.85. The van der Waals surface area contributed by atoms with E-state index in [1.54, 1.807) is 12.3 Å². The lowest BCUT2D eigenvalue weighted by Gasteiger charge is -2.21. The van der Waals surface area contributed by atoms with Crippen molar-refractivity contribution >= 4 is 34.0 Å². The Balaban J connectivity index is 1.75. The number of hydrogen-bond acceptors (Lipinski definition) is 6. The van der Waals surface area contributed by atoms with Crippen LogP contribution in [0, 0.1) is 13.8 Å². The number of esters is 1. The second-order valence-corrected chi connectivity index (χ2v) is 7.96. The molecule has 1 fully saturated rings. The van der Waals surface area contributed by atoms with Crippen molar-refractivity contribution in [3.8, 4) is 0 Å². The molecule has 7 heteroatoms. The summed E-state index contributed by atoms with van der Waals surface area (Å²) in [7, 11) is 1.34. The van der Waals surface area contributed by atoms with Crippen LogP contribution in [0.5, 0.6) is 0 Å². The van der Waals surface area contributed by atoms with E-state index in [1.807, 2.05) is 19.9 Å². The van der Waals surface area contributed by atoms with E-state index in [1.165, 1.54) is 44.1 Å². The maximum absolute atomic E-state index is 12.6. The van der Waals surface area contributed by atoms with Gasteiger partial charge in [0.25, 0.3) is 5.91 Å². The number of aryl methyl sites for hydroxylation is 1. The number of carbonyl (C=O) groups excluding carboxylic acids is 2. The molecule has 6 nitrogen and oxygen atoms in total. The molecule has 0 radical (unpaired) electrons. The summed E-state index contributed by atoms with van der Waals surface area (Å²) in [5, 5.41) is 3.35. The van der Waals surface area contributed by atoms with Crippen LogP contribution in [-0.2, 0) is 4.74 Å². The smallest absolute Gasteiger partial charge is 0.341 e. The van der Waals surface area contributed by atoms with Gasteiger partial charge in [-0.3, -0.25) is 4.79 Å². The molecule has 0 atom stereocenters. The predicted molar refractivity (Wildman–Crippen MR) is 108 cm³/mol. The number of rotatable bonds is 4. The number of hydrogen-bond donors (Lipinski definition) is 1. The Morgan fingerprint density at radius 3 is 2.44 bits per heavy atom. The number of aromatic nitrogens is 1. The van der Waals surface area contributed by atoms with E-state index >= 15 is 0 Å². The van der Waals surface area contributed by atoms with Crippen molar-refractivity contribution < 1.29 is 14.3 Å². The molecule has 0 bridgehead atoms. The first-order valence-electron chi connectivity index (χ1n) is 9.22. The number of methoxy groups -OCH3 is 1. The standard InChI is InChI=1S/C20H25N3O3S/c1-13-14(2)27-19(17(13)20(25)26-3)22-18(24)15-8-9-16(21-12-15)23-10-6-4-5-7-11-23/h8-9,12H,4-7,10-11H2,1-3H3,(H,22,24). The lowest BCUT2D eigenvalue weighted by Crippen LogP contribution is -2.25. The number of nitrogens with zero attached hydrogens (tertiary/aromatic N) is 2. The zero-order chi connectivity index (χ0) is 19.4. The summed E-state index contributed by atoms with van der Waals surface area (Å²) in [5.41, 5.74) is 1.72. The molecule has 0 saturated carbocycles. The van der Waals surface area contributed by atoms with Crippen molar-refractivity contribution in [2.45, 2.75) is 39.5 Å². The molecule has 144 valence electrons. The zero-order valence-electron chi connectivity index (χ0n) is 16.0. The summed E-state index contributed by atoms with van der Waals surface area (Å²) in [4.78, 5) is 32.4. The number of pyridine rings is 1. The molecular weight excluding hydrogens is 362 g/mol. The van der Waals surface area contributed by atoms with Crippen molar-refractivity contribution in [1.82, 2.24) is 4.98 Å². The van der Waals surface area contributed by atoms with Gasteiger partial charge < -0.3 is 15.0 Å². The lowest BCUT2D eigenvalue weighted by atomic mass is 10.1. The van der Waals surface area contributed by atoms with Crippen LogP contribution in [0.25, 0.3) is 0 Å². The van der Waals surface area contributed by atoms with Crippen molar-refractivity contribution in [3.63, 3.8) is 0 Å². The predicted octanol–water partition coefficient (Wildman–Crippen LogP) is 4.18. The Morgan fingerprint density at radius 1 is 1.15 bits per heavy atom. The average molecular weight is 388 g/mol. The Labute approximate surface area is 163 Å². The third-order valence-electron chi connectivity index (χ3n) is 4.94. The maximum atomic E-state index is 12.6. The summed E-state index contributed by atoms with van der Waals surface area (Å²) in [6.07, 6.45) is 6.48. The van der Waals surface area contributed by atoms with Crippen LogP contribution in [0.4, 0.5) is 10.8 Å². The fourth-order valence-electron chi connectivity index (χ4n) is 3.25. The van der Waals surface area contributed by atoms with Gasteiger partial charge in [0.15, 0.2) is 0 Å². The van der Waals surface area contributed by atoms with Gasteiger partial charge in [-0.2, -0.15) is 0 Å². The van der Waals surface area contributed by atoms with Crippen molar-refractivity contribution in [2.24, 2.45) is 0 Å². The molecule has 3 rings (SSSR count). The first-order chi connectivity index (χ1) is 13.0. The summed E-state index contributed by atoms with van der Waals surface area (Å²) in [6.45, 7) is 5.79. The average Bonchev–Trinajstić information content (AvgIpc) is 2.87. The van der Waals surface area contributed by atoms with E-state index < -0.39 is 5.97 Å². The van der Waals surface area contributed by atoms with Crippen molar-refractivity contribution in [2.75, 3.05) is 30.4 Å². The first-order valence-corrected chi connectivity index (χ1v) is 10.0. The Kier molecular flexibility index (Phi) is 6.11. The fraction of sp³-hybridized carbons (Fsp3) is 0.450. The molecule has 1 saturated heterocycles. The summed E-state index contributed by atoms with van der Waals surface area (Å²) >= 11 is 1.37. The minimum Gasteiger partial charge on any atom is -0.465 e. The third kappa shape index (κ3) is 4.30. The molecule has 0 aliphatic carbocycles. The van der Waals surface area contributed by atoms with E-state index in [0.717, 1.165) is 29.3 Å². The number of nitrogens with one attached hydrogen (secondary N) is 1. The number of amides is 1. The Bertz CT molecular complexity index is 822. The van der Waals surface area contributed by atoms with E-state index in [-0.39, 0.29) is 5.91 Å². The molecule has 1 aliphatic rings. The normalized spacial score (nSPS) is 14.6. The van der Waals surface area contributed by atoms with Crippen LogP contribution in [0.2, 0.25) is 0 Å². The van der Waals surface area contributed by atoms with Gasteiger partial charge in [-0.15, -0.1) is 11.3 Å². The van der Waals surface area contributed by atoms with Crippen LogP contribution in [0.3, 0.4) is 0 Å². The largest absolute Gasteiger partial charge is 0.465 e. The molecular formula is C20H25N3O3S. The van der Waals surface area contributed by atoms with Crippen molar-refractivity contribution in [1.29, 1.82) is 0 Å². The maximum Gasteiger partial charge on any atom is 0.341 e. The number of carbonyl (C=O) groups is 2. The number of anilines is 2. The van der Waals surface area contributed by atoms with Gasteiger partial charge >= 0.3 is 5.97 Å². The third-order valence-corrected chi connectivity index (χ3v) is 6.06. The van der Waals surface area contributed by atoms with E-state index in [0.29, 0.717) is 16.1 Å². The highest BCUT2D eigenvalue weighted by atomic mass is 32.1. The molecule has 0 unspecified atom stereocenters. The van der Waals surface area contributed by atoms with Crippen LogP contribution in [0.15, 0.2) is 18.3 Å². The second kappa shape index (κ2) is 8.52. The molecule has 2 aromatic rings. The van der Waals surface area contributed by atoms with Gasteiger partial charge in [0, 0.05) is 24.2 Å². The highest BCUT2D eigenvalue weighted by molar-refractivity contribution is 7.16. The van der Waals surface area contributed by atoms with Gasteiger partial charge in [-0.25, -0.2) is 9.78 Å². The molecule has 1 N–H and O–H groups in total. The molecule has 27 heavy (non-hydrogen) atoms. The van der Waals surface area contributed by atoms with Crippen LogP contribution in [0.1, 0.15) is 56.8 Å². The van der Waals surface area contributed by atoms with Gasteiger partial charge in [-0.05, 0) is 44.4 Å². The SMILES string of the molecule is COC(=O)c1c(NC(=O)c2ccc(N3CCCCCC3)nc2)sc(C)c1C. The van der Waals surface area contributed by atoms with Gasteiger partial charge in [0.2, 0.25) is 0 Å². The Hall–Kier alpha value is -2.41. The molecule has 2 aromatic heterocycles. The molecule has 0 aromatic carbocycles. The summed E-state index contributed by atoms with van der Waals surface area (Å²) in [6, 6.07) is 3.68. The summed E-state index contributed by atoms with van der Waals surface area (Å²) in [5.74, 6) is 0.185. The topological polar surface area (TPSA) is 71.5 Å². The molecule has 1 amide bonds. The fourth-order valence-corrected chi connectivity index (χ4v) is 4.29. The lowest BCUT2D eigenvalue weighted by molar-refractivity contribution is 0.0601. The second-order valence-electron chi connectivity index (χ2n) is 6.74. The number of thiophene rings is 1. The van der Waals surface area contributed by atoms with E-state index in [9.17, 15) is 9.59 Å². The van der Waals surface area contributed by atoms with Gasteiger partial charge in [0.05, 0.1) is 18.2 Å². The number of ether oxygens (including phenoxy) is 1. The van der Waals surface area contributed by atoms with E-state index in [2.05, 4.69) is 15.2 Å². The van der Waals surface area contributed by atoms with Gasteiger partial charge in [0.1, 0.15) is 10.8 Å². The van der Waals surface area contributed by atoms with Crippen molar-refractivity contribution in [3.05, 3.63) is 39.9 Å². The van der Waals surface area contributed by atoms with Crippen LogP contribution >= 0.6 is 11.3 Å². The van der Waals surface area contributed by atoms with Crippen LogP contribution < -0.4 is 10.2 Å². The highest BCUT2D eigenvalue weighted by Gasteiger charge is 2.22. The monoisotopic (exact) mass is 387 g/mol. The highest BCUT2D eigenvalue weighted by Crippen LogP contribution is 2.33. The molecule has 3 heterocycles. The minimum absolute atomic E-state index is 0.281. The first kappa shape index (κ1) is 19.4. The van der Waals surface area contributed by atoms with Gasteiger partial charge in [-0.1, -0.05) is 12.8 Å². The zero-order valence-corrected chi connectivity index (χ0v) is 16.8. The minimum atomic E-state index is -0.443. The Morgan fingerprint density at radius 2 is 1.85 bits per heavy atom.